The number of ketones is 1. The monoisotopic (exact) mass is 241 g/mol. The molecule has 1 rings (SSSR count). The van der Waals surface area contributed by atoms with Crippen molar-refractivity contribution >= 4 is 5.78 Å². The van der Waals surface area contributed by atoms with Gasteiger partial charge < -0.3 is 10.5 Å². The Bertz CT molecular complexity index is 555. The Hall–Kier alpha value is -2.79. The minimum absolute atomic E-state index is 0.0938. The summed E-state index contributed by atoms with van der Waals surface area (Å²) in [6.45, 7) is 1.22. The van der Waals surface area contributed by atoms with Crippen molar-refractivity contribution in [3.8, 4) is 17.9 Å². The molecular formula is C13H11N3O2. The first-order chi connectivity index (χ1) is 8.58. The highest BCUT2D eigenvalue weighted by molar-refractivity contribution is 6.00. The normalized spacial score (nSPS) is 10.8. The van der Waals surface area contributed by atoms with Gasteiger partial charge in [-0.25, -0.2) is 0 Å². The van der Waals surface area contributed by atoms with Gasteiger partial charge in [0, 0.05) is 5.70 Å². The molecule has 0 atom stereocenters. The van der Waals surface area contributed by atoms with E-state index in [1.54, 1.807) is 30.3 Å². The van der Waals surface area contributed by atoms with Crippen LogP contribution in [-0.4, -0.2) is 12.4 Å². The summed E-state index contributed by atoms with van der Waals surface area (Å²) in [5.41, 5.74) is 5.98. The van der Waals surface area contributed by atoms with Crippen LogP contribution in [0.5, 0.6) is 5.75 Å². The number of hydrogen-bond donors (Lipinski definition) is 1. The van der Waals surface area contributed by atoms with E-state index in [9.17, 15) is 4.79 Å². The maximum atomic E-state index is 11.6. The number of Topliss-reactive ketones (excluding diaryl/α,β-unsaturated/α-hetero) is 1. The van der Waals surface area contributed by atoms with Crippen molar-refractivity contribution in [2.45, 2.75) is 6.92 Å². The van der Waals surface area contributed by atoms with Crippen LogP contribution in [-0.2, 0) is 4.79 Å². The molecule has 0 unspecified atom stereocenters. The molecule has 0 aliphatic carbocycles. The van der Waals surface area contributed by atoms with Gasteiger partial charge in [-0.1, -0.05) is 0 Å². The highest BCUT2D eigenvalue weighted by Gasteiger charge is 2.12. The van der Waals surface area contributed by atoms with E-state index in [0.29, 0.717) is 11.3 Å². The third-order valence-corrected chi connectivity index (χ3v) is 2.14. The fourth-order valence-corrected chi connectivity index (χ4v) is 1.22. The molecule has 0 aliphatic rings. The van der Waals surface area contributed by atoms with E-state index in [2.05, 4.69) is 0 Å². The van der Waals surface area contributed by atoms with Crippen molar-refractivity contribution in [3.63, 3.8) is 0 Å². The molecule has 5 nitrogen and oxygen atoms in total. The predicted molar refractivity (Wildman–Crippen MR) is 64.2 cm³/mol. The van der Waals surface area contributed by atoms with Crippen LogP contribution in [0.2, 0.25) is 0 Å². The van der Waals surface area contributed by atoms with Gasteiger partial charge in [0.15, 0.2) is 6.61 Å². The number of nitriles is 2. The molecule has 0 aliphatic heterocycles. The molecule has 18 heavy (non-hydrogen) atoms. The second-order valence-electron chi connectivity index (χ2n) is 3.52. The zero-order chi connectivity index (χ0) is 13.5. The fourth-order valence-electron chi connectivity index (χ4n) is 1.22. The third kappa shape index (κ3) is 3.36. The summed E-state index contributed by atoms with van der Waals surface area (Å²) in [5, 5.41) is 17.3. The summed E-state index contributed by atoms with van der Waals surface area (Å²) in [6.07, 6.45) is 0. The second-order valence-corrected chi connectivity index (χ2v) is 3.52. The van der Waals surface area contributed by atoms with Crippen LogP contribution in [0.4, 0.5) is 0 Å². The molecule has 0 amide bonds. The lowest BCUT2D eigenvalue weighted by Gasteiger charge is -2.05. The average molecular weight is 241 g/mol. The number of carbonyl (C=O) groups excluding carboxylic acids is 1. The van der Waals surface area contributed by atoms with Gasteiger partial charge in [-0.3, -0.25) is 4.79 Å². The Morgan fingerprint density at radius 3 is 2.39 bits per heavy atom. The zero-order valence-electron chi connectivity index (χ0n) is 9.80. The van der Waals surface area contributed by atoms with E-state index in [4.69, 9.17) is 21.0 Å². The molecule has 0 saturated carbocycles. The second kappa shape index (κ2) is 6.07. The summed E-state index contributed by atoms with van der Waals surface area (Å²) >= 11 is 0. The van der Waals surface area contributed by atoms with Crippen molar-refractivity contribution in [1.82, 2.24) is 0 Å². The minimum atomic E-state index is -0.471. The summed E-state index contributed by atoms with van der Waals surface area (Å²) in [7, 11) is 0. The summed E-state index contributed by atoms with van der Waals surface area (Å²) < 4.78 is 5.20. The molecule has 0 heterocycles. The van der Waals surface area contributed by atoms with Crippen LogP contribution in [0.25, 0.3) is 0 Å². The first-order valence-corrected chi connectivity index (χ1v) is 5.11. The van der Waals surface area contributed by atoms with E-state index in [0.717, 1.165) is 0 Å². The van der Waals surface area contributed by atoms with Gasteiger partial charge in [0.05, 0.1) is 11.6 Å². The van der Waals surface area contributed by atoms with Crippen LogP contribution in [0.15, 0.2) is 35.5 Å². The quantitative estimate of drug-likeness (QED) is 0.631. The van der Waals surface area contributed by atoms with E-state index in [-0.39, 0.29) is 17.9 Å². The van der Waals surface area contributed by atoms with Crippen LogP contribution in [0.1, 0.15) is 12.5 Å². The van der Waals surface area contributed by atoms with Crippen molar-refractivity contribution in [1.29, 1.82) is 10.5 Å². The first-order valence-electron chi connectivity index (χ1n) is 5.11. The first kappa shape index (κ1) is 13.3. The molecule has 90 valence electrons. The molecule has 0 aromatic heterocycles. The SMILES string of the molecule is C/C(N)=C(/C#N)C(=O)COc1ccc(C#N)cc1. The number of rotatable bonds is 4. The van der Waals surface area contributed by atoms with Crippen LogP contribution in [0, 0.1) is 22.7 Å². The lowest BCUT2D eigenvalue weighted by Crippen LogP contribution is -2.16. The Balaban J connectivity index is 2.66. The largest absolute Gasteiger partial charge is 0.485 e. The Labute approximate surface area is 105 Å². The Morgan fingerprint density at radius 1 is 1.33 bits per heavy atom. The van der Waals surface area contributed by atoms with Gasteiger partial charge in [-0.15, -0.1) is 0 Å². The fraction of sp³-hybridized carbons (Fsp3) is 0.154. The van der Waals surface area contributed by atoms with Gasteiger partial charge in [0.25, 0.3) is 0 Å². The number of ether oxygens (including phenoxy) is 1. The number of nitrogens with two attached hydrogens (primary N) is 1. The highest BCUT2D eigenvalue weighted by atomic mass is 16.5. The minimum Gasteiger partial charge on any atom is -0.485 e. The summed E-state index contributed by atoms with van der Waals surface area (Å²) in [4.78, 5) is 11.6. The molecule has 1 aromatic carbocycles. The molecule has 0 bridgehead atoms. The molecule has 0 fully saturated rings. The Kier molecular flexibility index (Phi) is 4.48. The summed E-state index contributed by atoms with van der Waals surface area (Å²) in [6, 6.07) is 10.0. The molecule has 2 N–H and O–H groups in total. The van der Waals surface area contributed by atoms with Crippen LogP contribution in [0.3, 0.4) is 0 Å². The standard InChI is InChI=1S/C13H11N3O2/c1-9(16)12(7-15)13(17)8-18-11-4-2-10(6-14)3-5-11/h2-5H,8,16H2,1H3/b12-9+. The number of allylic oxidation sites excluding steroid dienone is 1. The molecular weight excluding hydrogens is 230 g/mol. The van der Waals surface area contributed by atoms with Gasteiger partial charge in [-0.2, -0.15) is 10.5 Å². The number of benzene rings is 1. The number of hydrogen-bond acceptors (Lipinski definition) is 5. The van der Waals surface area contributed by atoms with Gasteiger partial charge >= 0.3 is 0 Å². The van der Waals surface area contributed by atoms with Crippen molar-refractivity contribution in [2.75, 3.05) is 6.61 Å². The smallest absolute Gasteiger partial charge is 0.212 e. The number of nitrogens with zero attached hydrogens (tertiary/aromatic N) is 2. The third-order valence-electron chi connectivity index (χ3n) is 2.14. The molecule has 0 saturated heterocycles. The molecule has 5 heteroatoms. The van der Waals surface area contributed by atoms with E-state index >= 15 is 0 Å². The van der Waals surface area contributed by atoms with Crippen LogP contribution < -0.4 is 10.5 Å². The molecule has 0 radical (unpaired) electrons. The van der Waals surface area contributed by atoms with E-state index in [1.165, 1.54) is 6.92 Å². The molecule has 0 spiro atoms. The lowest BCUT2D eigenvalue weighted by molar-refractivity contribution is -0.117. The predicted octanol–water partition coefficient (Wildman–Crippen LogP) is 1.26. The Morgan fingerprint density at radius 2 is 1.94 bits per heavy atom. The number of carbonyl (C=O) groups is 1. The topological polar surface area (TPSA) is 99.9 Å². The molecule has 1 aromatic rings. The average Bonchev–Trinajstić information content (AvgIpc) is 2.37. The maximum absolute atomic E-state index is 11.6. The van der Waals surface area contributed by atoms with Crippen molar-refractivity contribution < 1.29 is 9.53 Å². The highest BCUT2D eigenvalue weighted by Crippen LogP contribution is 2.12. The van der Waals surface area contributed by atoms with Gasteiger partial charge in [0.1, 0.15) is 17.4 Å². The summed E-state index contributed by atoms with van der Waals surface area (Å²) in [5.74, 6) is -0.0174. The van der Waals surface area contributed by atoms with Gasteiger partial charge in [0.2, 0.25) is 5.78 Å². The van der Waals surface area contributed by atoms with Crippen LogP contribution >= 0.6 is 0 Å². The van der Waals surface area contributed by atoms with E-state index < -0.39 is 5.78 Å². The maximum Gasteiger partial charge on any atom is 0.212 e. The van der Waals surface area contributed by atoms with E-state index in [1.807, 2.05) is 6.07 Å². The lowest BCUT2D eigenvalue weighted by atomic mass is 10.1. The van der Waals surface area contributed by atoms with Crippen molar-refractivity contribution in [2.24, 2.45) is 5.73 Å². The zero-order valence-corrected chi connectivity index (χ0v) is 9.80. The van der Waals surface area contributed by atoms with Gasteiger partial charge in [-0.05, 0) is 31.2 Å². The van der Waals surface area contributed by atoms with Crippen molar-refractivity contribution in [3.05, 3.63) is 41.1 Å².